The lowest BCUT2D eigenvalue weighted by Crippen LogP contribution is -2.54. The average molecular weight is 608 g/mol. The van der Waals surface area contributed by atoms with Crippen LogP contribution in [0.3, 0.4) is 0 Å². The van der Waals surface area contributed by atoms with Gasteiger partial charge in [0.1, 0.15) is 5.82 Å². The van der Waals surface area contributed by atoms with Crippen LogP contribution in [-0.2, 0) is 6.54 Å². The summed E-state index contributed by atoms with van der Waals surface area (Å²) < 4.78 is 30.6. The standard InChI is InChI=1S/C33H43F2N7S/c1-6-9-17-42(8-3)32(36-7-2)28-20-30(39-23(28)4)26-10-12-27(13-11-26)38-24(5)29-19-25(14-16-37-29)21-41-18-15-33(34,35)31(22-41)40-43/h7,10-14,16,19-20,31,38-40,43H,4-6,8-9,15,17-18,21-22H2,1-3H3/b32-28+,36-7-. The molecule has 10 heteroatoms. The van der Waals surface area contributed by atoms with Crippen molar-refractivity contribution in [2.75, 3.05) is 31.5 Å². The number of alkyl halides is 2. The molecule has 1 aliphatic heterocycles. The van der Waals surface area contributed by atoms with Gasteiger partial charge in [-0.2, -0.15) is 0 Å². The summed E-state index contributed by atoms with van der Waals surface area (Å²) in [5.41, 5.74) is 5.22. The second-order valence-corrected chi connectivity index (χ2v) is 11.1. The summed E-state index contributed by atoms with van der Waals surface area (Å²) in [5.74, 6) is -1.82. The van der Waals surface area contributed by atoms with Crippen LogP contribution in [0.5, 0.6) is 0 Å². The Hall–Kier alpha value is -3.47. The molecule has 0 spiro atoms. The molecule has 0 aliphatic carbocycles. The molecule has 2 aromatic heterocycles. The van der Waals surface area contributed by atoms with Gasteiger partial charge in [-0.25, -0.2) is 13.8 Å². The van der Waals surface area contributed by atoms with Crippen LogP contribution < -0.4 is 20.6 Å². The van der Waals surface area contributed by atoms with Gasteiger partial charge in [0, 0.05) is 73.5 Å². The zero-order valence-corrected chi connectivity index (χ0v) is 26.2. The SMILES string of the molecule is C=C(Nc1ccc(-c2c/c(=C(/N=C\C)N(CC)CCCC)c(=C)[nH]2)cc1)c1cc(CN2CCC(F)(F)C(NS)C2)ccn1. The van der Waals surface area contributed by atoms with E-state index in [0.29, 0.717) is 24.5 Å². The first-order valence-electron chi connectivity index (χ1n) is 14.9. The Balaban J connectivity index is 1.46. The molecule has 1 unspecified atom stereocenters. The number of halogens is 2. The van der Waals surface area contributed by atoms with Gasteiger partial charge in [0.25, 0.3) is 5.92 Å². The molecule has 4 rings (SSSR count). The molecule has 0 amide bonds. The van der Waals surface area contributed by atoms with E-state index < -0.39 is 12.0 Å². The van der Waals surface area contributed by atoms with Crippen molar-refractivity contribution in [3.63, 3.8) is 0 Å². The molecule has 1 aliphatic rings. The molecule has 0 radical (unpaired) electrons. The summed E-state index contributed by atoms with van der Waals surface area (Å²) in [7, 11) is 0. The number of piperidine rings is 1. The molecule has 43 heavy (non-hydrogen) atoms. The van der Waals surface area contributed by atoms with E-state index in [1.54, 1.807) is 6.20 Å². The van der Waals surface area contributed by atoms with Gasteiger partial charge in [-0.05, 0) is 61.7 Å². The predicted octanol–water partition coefficient (Wildman–Crippen LogP) is 5.49. The second kappa shape index (κ2) is 14.8. The number of aliphatic imine (C=N–C) groups is 1. The molecule has 230 valence electrons. The fourth-order valence-corrected chi connectivity index (χ4v) is 5.54. The molecular formula is C33H43F2N7S. The number of anilines is 1. The number of likely N-dealkylation sites (tertiary alicyclic amines) is 1. The highest BCUT2D eigenvalue weighted by Gasteiger charge is 2.43. The summed E-state index contributed by atoms with van der Waals surface area (Å²) in [6.07, 6.45) is 5.59. The molecule has 7 nitrogen and oxygen atoms in total. The molecule has 1 saturated heterocycles. The van der Waals surface area contributed by atoms with Gasteiger partial charge in [-0.3, -0.25) is 14.6 Å². The number of aromatic amines is 1. The van der Waals surface area contributed by atoms with Gasteiger partial charge in [0.05, 0.1) is 17.4 Å². The number of unbranched alkanes of at least 4 members (excludes halogenated alkanes) is 1. The molecule has 3 heterocycles. The number of thiol groups is 1. The van der Waals surface area contributed by atoms with Crippen LogP contribution in [0.2, 0.25) is 0 Å². The molecule has 1 aromatic carbocycles. The van der Waals surface area contributed by atoms with Crippen LogP contribution in [0.25, 0.3) is 29.4 Å². The zero-order chi connectivity index (χ0) is 31.0. The number of pyridine rings is 1. The predicted molar refractivity (Wildman–Crippen MR) is 178 cm³/mol. The number of hydrogen-bond donors (Lipinski definition) is 4. The lowest BCUT2D eigenvalue weighted by Gasteiger charge is -2.37. The van der Waals surface area contributed by atoms with E-state index in [4.69, 9.17) is 4.99 Å². The molecule has 1 fully saturated rings. The number of rotatable bonds is 13. The van der Waals surface area contributed by atoms with E-state index in [1.165, 1.54) is 0 Å². The van der Waals surface area contributed by atoms with Crippen LogP contribution in [0.4, 0.5) is 14.5 Å². The Morgan fingerprint density at radius 3 is 2.70 bits per heavy atom. The van der Waals surface area contributed by atoms with Crippen molar-refractivity contribution < 1.29 is 8.78 Å². The van der Waals surface area contributed by atoms with Crippen LogP contribution in [0.1, 0.15) is 51.3 Å². The van der Waals surface area contributed by atoms with Crippen molar-refractivity contribution in [1.29, 1.82) is 0 Å². The second-order valence-electron chi connectivity index (χ2n) is 10.9. The van der Waals surface area contributed by atoms with E-state index in [2.05, 4.69) is 70.8 Å². The summed E-state index contributed by atoms with van der Waals surface area (Å²) in [5, 5.41) is 5.18. The minimum absolute atomic E-state index is 0.199. The smallest absolute Gasteiger partial charge is 0.266 e. The lowest BCUT2D eigenvalue weighted by molar-refractivity contribution is -0.0779. The first kappa shape index (κ1) is 32.4. The van der Waals surface area contributed by atoms with E-state index in [-0.39, 0.29) is 13.0 Å². The fraction of sp³-hybridized carbons (Fsp3) is 0.394. The Morgan fingerprint density at radius 1 is 1.26 bits per heavy atom. The first-order chi connectivity index (χ1) is 20.7. The lowest BCUT2D eigenvalue weighted by atomic mass is 10.0. The summed E-state index contributed by atoms with van der Waals surface area (Å²) in [6, 6.07) is 13.1. The van der Waals surface area contributed by atoms with Crippen molar-refractivity contribution in [3.8, 4) is 11.3 Å². The molecule has 3 N–H and O–H groups in total. The van der Waals surface area contributed by atoms with Gasteiger partial charge in [0.15, 0.2) is 0 Å². The minimum atomic E-state index is -2.76. The summed E-state index contributed by atoms with van der Waals surface area (Å²) in [6.45, 7) is 17.6. The quantitative estimate of drug-likeness (QED) is 0.153. The molecule has 3 aromatic rings. The largest absolute Gasteiger partial charge is 0.356 e. The number of aromatic nitrogens is 2. The van der Waals surface area contributed by atoms with Gasteiger partial charge >= 0.3 is 0 Å². The number of H-pyrrole nitrogens is 1. The Labute approximate surface area is 259 Å². The van der Waals surface area contributed by atoms with Crippen LogP contribution in [-0.4, -0.2) is 64.1 Å². The topological polar surface area (TPSA) is 71.6 Å². The van der Waals surface area contributed by atoms with Crippen molar-refractivity contribution >= 4 is 42.8 Å². The zero-order valence-electron chi connectivity index (χ0n) is 25.3. The number of nitrogens with zero attached hydrogens (tertiary/aromatic N) is 4. The van der Waals surface area contributed by atoms with Crippen LogP contribution >= 0.6 is 12.8 Å². The van der Waals surface area contributed by atoms with Crippen LogP contribution in [0.15, 0.2) is 60.2 Å². The maximum absolute atomic E-state index is 14.1. The van der Waals surface area contributed by atoms with Gasteiger partial charge in [-0.15, -0.1) is 0 Å². The maximum atomic E-state index is 14.1. The maximum Gasteiger partial charge on any atom is 0.266 e. The van der Waals surface area contributed by atoms with Gasteiger partial charge < -0.3 is 15.2 Å². The number of hydrogen-bond acceptors (Lipinski definition) is 7. The third-order valence-electron chi connectivity index (χ3n) is 7.75. The third-order valence-corrected chi connectivity index (χ3v) is 8.06. The van der Waals surface area contributed by atoms with Crippen LogP contribution in [0, 0.1) is 0 Å². The highest BCUT2D eigenvalue weighted by Crippen LogP contribution is 2.29. The van der Waals surface area contributed by atoms with Crippen molar-refractivity contribution in [3.05, 3.63) is 77.1 Å². The highest BCUT2D eigenvalue weighted by molar-refractivity contribution is 7.78. The summed E-state index contributed by atoms with van der Waals surface area (Å²) in [4.78, 5) is 16.9. The van der Waals surface area contributed by atoms with E-state index in [9.17, 15) is 8.78 Å². The van der Waals surface area contributed by atoms with Crippen molar-refractivity contribution in [2.24, 2.45) is 4.99 Å². The molecular weight excluding hydrogens is 564 g/mol. The Kier molecular flexibility index (Phi) is 11.2. The first-order valence-corrected chi connectivity index (χ1v) is 15.3. The number of nitrogens with one attached hydrogen (secondary N) is 3. The van der Waals surface area contributed by atoms with Crippen molar-refractivity contribution in [1.82, 2.24) is 24.5 Å². The fourth-order valence-electron chi connectivity index (χ4n) is 5.27. The monoisotopic (exact) mass is 607 g/mol. The normalized spacial score (nSPS) is 17.7. The highest BCUT2D eigenvalue weighted by atomic mass is 32.1. The molecule has 0 saturated carbocycles. The molecule has 0 bridgehead atoms. The molecule has 1 atom stereocenters. The minimum Gasteiger partial charge on any atom is -0.356 e. The van der Waals surface area contributed by atoms with Crippen molar-refractivity contribution in [2.45, 2.75) is 58.5 Å². The van der Waals surface area contributed by atoms with Gasteiger partial charge in [-0.1, -0.05) is 51.4 Å². The Morgan fingerprint density at radius 2 is 2.02 bits per heavy atom. The van der Waals surface area contributed by atoms with E-state index in [0.717, 1.165) is 64.8 Å². The van der Waals surface area contributed by atoms with Gasteiger partial charge in [0.2, 0.25) is 0 Å². The van der Waals surface area contributed by atoms with E-state index in [1.807, 2.05) is 54.4 Å². The third kappa shape index (κ3) is 8.13. The number of benzene rings is 1. The average Bonchev–Trinajstić information content (AvgIpc) is 3.39. The Bertz CT molecular complexity index is 1520. The van der Waals surface area contributed by atoms with E-state index >= 15 is 0 Å². The summed E-state index contributed by atoms with van der Waals surface area (Å²) >= 11 is 3.90.